The van der Waals surface area contributed by atoms with Gasteiger partial charge in [0.15, 0.2) is 0 Å². The molecule has 0 radical (unpaired) electrons. The van der Waals surface area contributed by atoms with Crippen LogP contribution in [0.25, 0.3) is 0 Å². The van der Waals surface area contributed by atoms with Gasteiger partial charge < -0.3 is 5.11 Å². The highest BCUT2D eigenvalue weighted by Crippen LogP contribution is 2.22. The molecule has 1 aromatic carbocycles. The van der Waals surface area contributed by atoms with Crippen LogP contribution in [0.5, 0.6) is 0 Å². The van der Waals surface area contributed by atoms with E-state index >= 15 is 0 Å². The Balaban J connectivity index is 1.96. The van der Waals surface area contributed by atoms with E-state index in [-0.39, 0.29) is 0 Å². The van der Waals surface area contributed by atoms with Crippen LogP contribution in [0.4, 0.5) is 0 Å². The molecular weight excluding hydrogens is 258 g/mol. The summed E-state index contributed by atoms with van der Waals surface area (Å²) >= 11 is 1.98. The van der Waals surface area contributed by atoms with Gasteiger partial charge in [0, 0.05) is 13.1 Å². The van der Waals surface area contributed by atoms with Crippen molar-refractivity contribution in [1.82, 2.24) is 4.90 Å². The Morgan fingerprint density at radius 1 is 1.47 bits per heavy atom. The number of fused-ring (bicyclic) bond motifs is 1. The molecule has 0 saturated carbocycles. The zero-order chi connectivity index (χ0) is 13.7. The first-order chi connectivity index (χ1) is 9.22. The number of carboxylic acid groups (broad SMARTS) is 1. The van der Waals surface area contributed by atoms with Gasteiger partial charge in [0.1, 0.15) is 0 Å². The highest BCUT2D eigenvalue weighted by molar-refractivity contribution is 7.99. The second-order valence-corrected chi connectivity index (χ2v) is 6.22. The molecule has 1 heterocycles. The molecule has 3 nitrogen and oxygen atoms in total. The molecule has 0 amide bonds. The molecule has 1 aromatic rings. The van der Waals surface area contributed by atoms with Crippen LogP contribution in [0.15, 0.2) is 18.2 Å². The Labute approximate surface area is 119 Å². The van der Waals surface area contributed by atoms with E-state index < -0.39 is 5.97 Å². The lowest BCUT2D eigenvalue weighted by Gasteiger charge is -2.29. The number of benzene rings is 1. The third kappa shape index (κ3) is 3.74. The van der Waals surface area contributed by atoms with Gasteiger partial charge in [0.2, 0.25) is 0 Å². The first-order valence-electron chi connectivity index (χ1n) is 6.86. The zero-order valence-electron chi connectivity index (χ0n) is 11.4. The predicted octanol–water partition coefficient (Wildman–Crippen LogP) is 2.89. The van der Waals surface area contributed by atoms with Gasteiger partial charge in [0.05, 0.1) is 5.56 Å². The van der Waals surface area contributed by atoms with Crippen molar-refractivity contribution in [3.8, 4) is 0 Å². The van der Waals surface area contributed by atoms with Crippen LogP contribution in [0.1, 0.15) is 34.8 Å². The molecule has 1 aliphatic heterocycles. The maximum Gasteiger partial charge on any atom is 0.335 e. The van der Waals surface area contributed by atoms with Gasteiger partial charge in [0.25, 0.3) is 0 Å². The molecule has 19 heavy (non-hydrogen) atoms. The second kappa shape index (κ2) is 6.96. The predicted molar refractivity (Wildman–Crippen MR) is 80.0 cm³/mol. The van der Waals surface area contributed by atoms with E-state index in [0.29, 0.717) is 5.56 Å². The van der Waals surface area contributed by atoms with E-state index in [4.69, 9.17) is 0 Å². The fourth-order valence-electron chi connectivity index (χ4n) is 2.59. The minimum atomic E-state index is -0.801. The van der Waals surface area contributed by atoms with Gasteiger partial charge in [-0.05, 0) is 48.1 Å². The van der Waals surface area contributed by atoms with E-state index in [1.54, 1.807) is 6.07 Å². The minimum absolute atomic E-state index is 0.485. The number of hydrogen-bond donors (Lipinski definition) is 1. The minimum Gasteiger partial charge on any atom is -0.478 e. The summed E-state index contributed by atoms with van der Waals surface area (Å²) in [6.45, 7) is 5.18. The van der Waals surface area contributed by atoms with E-state index in [0.717, 1.165) is 31.6 Å². The van der Waals surface area contributed by atoms with E-state index in [1.165, 1.54) is 23.5 Å². The first kappa shape index (κ1) is 14.4. The Kier molecular flexibility index (Phi) is 5.28. The normalized spacial score (nSPS) is 15.2. The molecule has 2 rings (SSSR count). The van der Waals surface area contributed by atoms with Crippen LogP contribution in [0.2, 0.25) is 0 Å². The molecule has 104 valence electrons. The lowest BCUT2D eigenvalue weighted by Crippen LogP contribution is -2.32. The van der Waals surface area contributed by atoms with Gasteiger partial charge in [-0.15, -0.1) is 0 Å². The maximum absolute atomic E-state index is 11.2. The molecular formula is C15H21NO2S. The second-order valence-electron chi connectivity index (χ2n) is 4.83. The SMILES string of the molecule is CCSCCCN1CCc2c(cccc2C(=O)O)C1. The summed E-state index contributed by atoms with van der Waals surface area (Å²) in [4.78, 5) is 13.6. The van der Waals surface area contributed by atoms with Crippen LogP contribution < -0.4 is 0 Å². The van der Waals surface area contributed by atoms with Crippen LogP contribution in [0.3, 0.4) is 0 Å². The largest absolute Gasteiger partial charge is 0.478 e. The fraction of sp³-hybridized carbons (Fsp3) is 0.533. The van der Waals surface area contributed by atoms with Crippen LogP contribution in [0, 0.1) is 0 Å². The van der Waals surface area contributed by atoms with Crippen LogP contribution in [-0.2, 0) is 13.0 Å². The molecule has 0 fully saturated rings. The average Bonchev–Trinajstić information content (AvgIpc) is 2.42. The average molecular weight is 279 g/mol. The highest BCUT2D eigenvalue weighted by atomic mass is 32.2. The van der Waals surface area contributed by atoms with Crippen molar-refractivity contribution >= 4 is 17.7 Å². The van der Waals surface area contributed by atoms with Crippen molar-refractivity contribution in [2.24, 2.45) is 0 Å². The molecule has 0 unspecified atom stereocenters. The lowest BCUT2D eigenvalue weighted by molar-refractivity contribution is 0.0694. The Morgan fingerprint density at radius 2 is 2.32 bits per heavy atom. The van der Waals surface area contributed by atoms with Crippen molar-refractivity contribution in [1.29, 1.82) is 0 Å². The number of hydrogen-bond acceptors (Lipinski definition) is 3. The number of carboxylic acids is 1. The van der Waals surface area contributed by atoms with Crippen molar-refractivity contribution in [2.75, 3.05) is 24.6 Å². The summed E-state index contributed by atoms with van der Waals surface area (Å²) in [5, 5.41) is 9.19. The number of thioether (sulfide) groups is 1. The summed E-state index contributed by atoms with van der Waals surface area (Å²) in [5.74, 6) is 1.60. The van der Waals surface area contributed by atoms with Gasteiger partial charge in [-0.2, -0.15) is 11.8 Å². The number of aromatic carboxylic acids is 1. The first-order valence-corrected chi connectivity index (χ1v) is 8.02. The standard InChI is InChI=1S/C15H21NO2S/c1-2-19-10-4-8-16-9-7-13-12(11-16)5-3-6-14(13)15(17)18/h3,5-6H,2,4,7-11H2,1H3,(H,17,18). The smallest absolute Gasteiger partial charge is 0.335 e. The summed E-state index contributed by atoms with van der Waals surface area (Å²) in [7, 11) is 0. The molecule has 1 N–H and O–H groups in total. The van der Waals surface area contributed by atoms with Crippen LogP contribution >= 0.6 is 11.8 Å². The van der Waals surface area contributed by atoms with E-state index in [1.807, 2.05) is 17.8 Å². The van der Waals surface area contributed by atoms with Gasteiger partial charge in [-0.3, -0.25) is 4.90 Å². The van der Waals surface area contributed by atoms with Crippen molar-refractivity contribution < 1.29 is 9.90 Å². The monoisotopic (exact) mass is 279 g/mol. The molecule has 4 heteroatoms. The van der Waals surface area contributed by atoms with Crippen molar-refractivity contribution in [2.45, 2.75) is 26.3 Å². The van der Waals surface area contributed by atoms with Crippen molar-refractivity contribution in [3.63, 3.8) is 0 Å². The number of nitrogens with zero attached hydrogens (tertiary/aromatic N) is 1. The highest BCUT2D eigenvalue weighted by Gasteiger charge is 2.20. The molecule has 0 atom stereocenters. The molecule has 0 saturated heterocycles. The molecule has 1 aliphatic rings. The number of carbonyl (C=O) groups is 1. The summed E-state index contributed by atoms with van der Waals surface area (Å²) in [5.41, 5.74) is 2.71. The van der Waals surface area contributed by atoms with Gasteiger partial charge in [-0.1, -0.05) is 19.1 Å². The zero-order valence-corrected chi connectivity index (χ0v) is 12.2. The Hall–Kier alpha value is -1.00. The summed E-state index contributed by atoms with van der Waals surface area (Å²) in [6, 6.07) is 5.64. The molecule has 0 aromatic heterocycles. The van der Waals surface area contributed by atoms with Gasteiger partial charge >= 0.3 is 5.97 Å². The molecule has 0 bridgehead atoms. The van der Waals surface area contributed by atoms with E-state index in [9.17, 15) is 9.90 Å². The molecule has 0 aliphatic carbocycles. The topological polar surface area (TPSA) is 40.5 Å². The van der Waals surface area contributed by atoms with E-state index in [2.05, 4.69) is 17.9 Å². The quantitative estimate of drug-likeness (QED) is 0.813. The molecule has 0 spiro atoms. The third-order valence-electron chi connectivity index (χ3n) is 3.54. The maximum atomic E-state index is 11.2. The van der Waals surface area contributed by atoms with Crippen molar-refractivity contribution in [3.05, 3.63) is 34.9 Å². The fourth-order valence-corrected chi connectivity index (χ4v) is 3.22. The third-order valence-corrected chi connectivity index (χ3v) is 4.53. The Bertz CT molecular complexity index is 448. The summed E-state index contributed by atoms with van der Waals surface area (Å²) < 4.78 is 0. The number of rotatable bonds is 6. The van der Waals surface area contributed by atoms with Gasteiger partial charge in [-0.25, -0.2) is 4.79 Å². The summed E-state index contributed by atoms with van der Waals surface area (Å²) in [6.07, 6.45) is 2.07. The Morgan fingerprint density at radius 3 is 3.05 bits per heavy atom. The lowest BCUT2D eigenvalue weighted by atomic mass is 9.94. The van der Waals surface area contributed by atoms with Crippen LogP contribution in [-0.4, -0.2) is 40.6 Å².